The zero-order valence-corrected chi connectivity index (χ0v) is 9.91. The first kappa shape index (κ1) is 14.1. The van der Waals surface area contributed by atoms with E-state index in [4.69, 9.17) is 4.74 Å². The average Bonchev–Trinajstić information content (AvgIpc) is 2.20. The molecule has 0 aromatic heterocycles. The SMILES string of the molecule is CCCC(=O)OC(CCC)C([C]=O)CC. The van der Waals surface area contributed by atoms with Gasteiger partial charge in [-0.05, 0) is 19.3 Å². The van der Waals surface area contributed by atoms with E-state index in [1.165, 1.54) is 0 Å². The maximum atomic E-state index is 11.3. The molecular weight excluding hydrogens is 192 g/mol. The number of rotatable bonds is 8. The standard InChI is InChI=1S/C12H21O3/c1-4-7-11(10(6-3)9-13)15-12(14)8-5-2/h10-11H,4-8H2,1-3H3. The molecule has 0 aromatic carbocycles. The Morgan fingerprint density at radius 1 is 1.27 bits per heavy atom. The van der Waals surface area contributed by atoms with Gasteiger partial charge in [-0.1, -0.05) is 27.2 Å². The van der Waals surface area contributed by atoms with Gasteiger partial charge in [-0.15, -0.1) is 0 Å². The van der Waals surface area contributed by atoms with Gasteiger partial charge in [0.1, 0.15) is 6.10 Å². The van der Waals surface area contributed by atoms with Crippen LogP contribution in [0.2, 0.25) is 0 Å². The maximum Gasteiger partial charge on any atom is 0.306 e. The summed E-state index contributed by atoms with van der Waals surface area (Å²) in [7, 11) is 0. The summed E-state index contributed by atoms with van der Waals surface area (Å²) in [5, 5.41) is 0. The van der Waals surface area contributed by atoms with Crippen molar-refractivity contribution in [3.8, 4) is 0 Å². The fraction of sp³-hybridized carbons (Fsp3) is 0.833. The Kier molecular flexibility index (Phi) is 7.96. The van der Waals surface area contributed by atoms with Crippen LogP contribution in [0.1, 0.15) is 52.9 Å². The van der Waals surface area contributed by atoms with Crippen molar-refractivity contribution in [3.63, 3.8) is 0 Å². The van der Waals surface area contributed by atoms with Crippen LogP contribution in [-0.2, 0) is 14.3 Å². The predicted molar refractivity (Wildman–Crippen MR) is 59.2 cm³/mol. The molecule has 0 aliphatic carbocycles. The zero-order valence-electron chi connectivity index (χ0n) is 9.91. The Hall–Kier alpha value is -0.860. The highest BCUT2D eigenvalue weighted by molar-refractivity contribution is 5.70. The molecular formula is C12H21O3. The summed E-state index contributed by atoms with van der Waals surface area (Å²) in [5.74, 6) is -0.476. The minimum absolute atomic E-state index is 0.204. The number of carbonyl (C=O) groups excluding carboxylic acids is 2. The van der Waals surface area contributed by atoms with Gasteiger partial charge in [0, 0.05) is 6.42 Å². The number of hydrogen-bond donors (Lipinski definition) is 0. The Morgan fingerprint density at radius 2 is 1.93 bits per heavy atom. The lowest BCUT2D eigenvalue weighted by Gasteiger charge is -2.21. The zero-order chi connectivity index (χ0) is 11.7. The minimum Gasteiger partial charge on any atom is -0.462 e. The molecule has 2 atom stereocenters. The molecule has 0 N–H and O–H groups in total. The van der Waals surface area contributed by atoms with E-state index in [1.54, 1.807) is 0 Å². The second-order valence-electron chi connectivity index (χ2n) is 3.70. The second-order valence-corrected chi connectivity index (χ2v) is 3.70. The molecule has 0 aliphatic heterocycles. The Morgan fingerprint density at radius 3 is 2.33 bits per heavy atom. The van der Waals surface area contributed by atoms with Gasteiger partial charge in [-0.3, -0.25) is 9.59 Å². The molecule has 87 valence electrons. The summed E-state index contributed by atoms with van der Waals surface area (Å²) in [6.45, 7) is 5.85. The molecule has 1 radical (unpaired) electrons. The lowest BCUT2D eigenvalue weighted by Crippen LogP contribution is -2.27. The Labute approximate surface area is 92.2 Å². The van der Waals surface area contributed by atoms with Crippen LogP contribution in [0.25, 0.3) is 0 Å². The van der Waals surface area contributed by atoms with Crippen molar-refractivity contribution in [1.82, 2.24) is 0 Å². The maximum absolute atomic E-state index is 11.3. The predicted octanol–water partition coefficient (Wildman–Crippen LogP) is 2.63. The first-order valence-corrected chi connectivity index (χ1v) is 5.76. The Bertz CT molecular complexity index is 189. The van der Waals surface area contributed by atoms with Crippen LogP contribution in [0.4, 0.5) is 0 Å². The largest absolute Gasteiger partial charge is 0.462 e. The van der Waals surface area contributed by atoms with E-state index in [0.29, 0.717) is 12.8 Å². The summed E-state index contributed by atoms with van der Waals surface area (Å²) < 4.78 is 5.27. The quantitative estimate of drug-likeness (QED) is 0.582. The van der Waals surface area contributed by atoms with Crippen molar-refractivity contribution in [2.45, 2.75) is 59.0 Å². The lowest BCUT2D eigenvalue weighted by atomic mass is 9.97. The van der Waals surface area contributed by atoms with E-state index in [-0.39, 0.29) is 18.0 Å². The Balaban J connectivity index is 4.24. The summed E-state index contributed by atoms with van der Waals surface area (Å²) >= 11 is 0. The van der Waals surface area contributed by atoms with Crippen LogP contribution in [0, 0.1) is 5.92 Å². The van der Waals surface area contributed by atoms with Crippen molar-refractivity contribution in [2.24, 2.45) is 5.92 Å². The number of carbonyl (C=O) groups is 1. The van der Waals surface area contributed by atoms with Gasteiger partial charge in [0.2, 0.25) is 6.29 Å². The molecule has 0 bridgehead atoms. The molecule has 15 heavy (non-hydrogen) atoms. The normalized spacial score (nSPS) is 14.3. The van der Waals surface area contributed by atoms with E-state index in [1.807, 2.05) is 27.1 Å². The van der Waals surface area contributed by atoms with Crippen LogP contribution in [0.5, 0.6) is 0 Å². The summed E-state index contributed by atoms with van der Waals surface area (Å²) in [6, 6.07) is 0. The third kappa shape index (κ3) is 5.55. The number of esters is 1. The fourth-order valence-corrected chi connectivity index (χ4v) is 1.48. The highest BCUT2D eigenvalue weighted by Gasteiger charge is 2.23. The summed E-state index contributed by atoms with van der Waals surface area (Å²) in [5.41, 5.74) is 0. The van der Waals surface area contributed by atoms with E-state index < -0.39 is 0 Å². The molecule has 0 aromatic rings. The van der Waals surface area contributed by atoms with E-state index >= 15 is 0 Å². The highest BCUT2D eigenvalue weighted by Crippen LogP contribution is 2.16. The topological polar surface area (TPSA) is 43.4 Å². The molecule has 3 nitrogen and oxygen atoms in total. The average molecular weight is 213 g/mol. The molecule has 2 unspecified atom stereocenters. The molecule has 0 heterocycles. The van der Waals surface area contributed by atoms with Gasteiger partial charge in [0.25, 0.3) is 0 Å². The van der Waals surface area contributed by atoms with Crippen LogP contribution in [0.3, 0.4) is 0 Å². The van der Waals surface area contributed by atoms with Crippen LogP contribution >= 0.6 is 0 Å². The summed E-state index contributed by atoms with van der Waals surface area (Å²) in [4.78, 5) is 22.0. The number of ether oxygens (including phenoxy) is 1. The molecule has 0 saturated carbocycles. The van der Waals surface area contributed by atoms with Crippen molar-refractivity contribution >= 4 is 12.3 Å². The smallest absolute Gasteiger partial charge is 0.306 e. The van der Waals surface area contributed by atoms with Crippen molar-refractivity contribution in [3.05, 3.63) is 0 Å². The third-order valence-electron chi connectivity index (χ3n) is 2.35. The molecule has 0 amide bonds. The molecule has 0 rings (SSSR count). The van der Waals surface area contributed by atoms with Gasteiger partial charge in [-0.25, -0.2) is 0 Å². The van der Waals surface area contributed by atoms with Gasteiger partial charge in [0.15, 0.2) is 0 Å². The summed E-state index contributed by atoms with van der Waals surface area (Å²) in [6.07, 6.45) is 5.20. The lowest BCUT2D eigenvalue weighted by molar-refractivity contribution is -0.151. The molecule has 0 saturated heterocycles. The first-order chi connectivity index (χ1) is 7.19. The fourth-order valence-electron chi connectivity index (χ4n) is 1.48. The van der Waals surface area contributed by atoms with Gasteiger partial charge in [0.05, 0.1) is 5.92 Å². The highest BCUT2D eigenvalue weighted by atomic mass is 16.5. The van der Waals surface area contributed by atoms with Gasteiger partial charge < -0.3 is 4.74 Å². The van der Waals surface area contributed by atoms with E-state index in [9.17, 15) is 9.59 Å². The monoisotopic (exact) mass is 213 g/mol. The van der Waals surface area contributed by atoms with Crippen molar-refractivity contribution < 1.29 is 14.3 Å². The van der Waals surface area contributed by atoms with Gasteiger partial charge in [-0.2, -0.15) is 0 Å². The van der Waals surface area contributed by atoms with E-state index in [0.717, 1.165) is 19.3 Å². The molecule has 3 heteroatoms. The molecule has 0 fully saturated rings. The van der Waals surface area contributed by atoms with Gasteiger partial charge >= 0.3 is 5.97 Å². The van der Waals surface area contributed by atoms with E-state index in [2.05, 4.69) is 0 Å². The van der Waals surface area contributed by atoms with Crippen LogP contribution < -0.4 is 0 Å². The van der Waals surface area contributed by atoms with Crippen molar-refractivity contribution in [1.29, 1.82) is 0 Å². The van der Waals surface area contributed by atoms with Crippen LogP contribution in [-0.4, -0.2) is 18.4 Å². The minimum atomic E-state index is -0.281. The first-order valence-electron chi connectivity index (χ1n) is 5.76. The van der Waals surface area contributed by atoms with Crippen LogP contribution in [0.15, 0.2) is 0 Å². The molecule has 0 aliphatic rings. The third-order valence-corrected chi connectivity index (χ3v) is 2.35. The van der Waals surface area contributed by atoms with Crippen molar-refractivity contribution in [2.75, 3.05) is 0 Å². The molecule has 0 spiro atoms. The second kappa shape index (κ2) is 8.45. The number of hydrogen-bond acceptors (Lipinski definition) is 3.